The Morgan fingerprint density at radius 3 is 2.28 bits per heavy atom. The number of nitrogens with two attached hydrogens (primary N) is 1. The van der Waals surface area contributed by atoms with Crippen LogP contribution >= 0.6 is 11.6 Å². The lowest BCUT2D eigenvalue weighted by Crippen LogP contribution is -2.31. The largest absolute Gasteiger partial charge is 0.397 e. The lowest BCUT2D eigenvalue weighted by molar-refractivity contribution is 0.479. The molecule has 8 heteroatoms. The van der Waals surface area contributed by atoms with Crippen molar-refractivity contribution in [2.24, 2.45) is 0 Å². The highest BCUT2D eigenvalue weighted by Crippen LogP contribution is 2.24. The molecule has 0 saturated carbocycles. The summed E-state index contributed by atoms with van der Waals surface area (Å²) in [4.78, 5) is -0.102. The van der Waals surface area contributed by atoms with Gasteiger partial charge in [-0.05, 0) is 18.2 Å². The minimum Gasteiger partial charge on any atom is -0.397 e. The predicted molar refractivity (Wildman–Crippen MR) is 65.8 cm³/mol. The summed E-state index contributed by atoms with van der Waals surface area (Å²) in [6.45, 7) is -0.809. The number of anilines is 1. The topological polar surface area (TPSA) is 111 Å². The molecule has 0 aliphatic rings. The first-order valence-corrected chi connectivity index (χ1v) is 6.54. The van der Waals surface area contributed by atoms with Crippen LogP contribution in [0, 0.1) is 22.7 Å². The Hall–Kier alpha value is -1.80. The van der Waals surface area contributed by atoms with E-state index in [4.69, 9.17) is 27.9 Å². The van der Waals surface area contributed by atoms with Gasteiger partial charge < -0.3 is 5.73 Å². The SMILES string of the molecule is N#CCN(CC#N)S(=O)(=O)c1ccc(Cl)c(N)c1. The van der Waals surface area contributed by atoms with Crippen LogP contribution in [0.15, 0.2) is 23.1 Å². The number of sulfonamides is 1. The second-order valence-corrected chi connectivity index (χ2v) is 5.62. The smallest absolute Gasteiger partial charge is 0.245 e. The number of hydrogen-bond acceptors (Lipinski definition) is 5. The minimum absolute atomic E-state index is 0.102. The number of nitriles is 2. The molecular weight excluding hydrogens is 276 g/mol. The molecule has 0 bridgehead atoms. The molecule has 0 fully saturated rings. The Kier molecular flexibility index (Phi) is 4.51. The molecule has 94 valence electrons. The highest BCUT2D eigenvalue weighted by Gasteiger charge is 2.24. The van der Waals surface area contributed by atoms with Crippen molar-refractivity contribution in [2.45, 2.75) is 4.90 Å². The van der Waals surface area contributed by atoms with Crippen molar-refractivity contribution in [3.63, 3.8) is 0 Å². The lowest BCUT2D eigenvalue weighted by atomic mass is 10.3. The van der Waals surface area contributed by atoms with Crippen LogP contribution in [-0.4, -0.2) is 25.8 Å². The number of nitrogen functional groups attached to an aromatic ring is 1. The van der Waals surface area contributed by atoms with Gasteiger partial charge in [-0.1, -0.05) is 11.6 Å². The third kappa shape index (κ3) is 2.90. The zero-order valence-corrected chi connectivity index (χ0v) is 10.7. The van der Waals surface area contributed by atoms with Crippen LogP contribution in [0.25, 0.3) is 0 Å². The fourth-order valence-electron chi connectivity index (χ4n) is 1.21. The van der Waals surface area contributed by atoms with Gasteiger partial charge in [0.25, 0.3) is 0 Å². The van der Waals surface area contributed by atoms with E-state index < -0.39 is 23.1 Å². The van der Waals surface area contributed by atoms with Crippen molar-refractivity contribution in [1.29, 1.82) is 10.5 Å². The molecular formula is C10H9ClN4O2S. The quantitative estimate of drug-likeness (QED) is 0.654. The lowest BCUT2D eigenvalue weighted by Gasteiger charge is -2.16. The summed E-state index contributed by atoms with van der Waals surface area (Å²) in [6.07, 6.45) is 0. The van der Waals surface area contributed by atoms with Gasteiger partial charge in [0.2, 0.25) is 10.0 Å². The van der Waals surface area contributed by atoms with Gasteiger partial charge in [-0.25, -0.2) is 8.42 Å². The van der Waals surface area contributed by atoms with Crippen LogP contribution in [-0.2, 0) is 10.0 Å². The summed E-state index contributed by atoms with van der Waals surface area (Å²) < 4.78 is 25.0. The number of hydrogen-bond donors (Lipinski definition) is 1. The normalized spacial score (nSPS) is 10.9. The van der Waals surface area contributed by atoms with Crippen molar-refractivity contribution in [3.8, 4) is 12.1 Å². The third-order valence-corrected chi connectivity index (χ3v) is 4.23. The van der Waals surface area contributed by atoms with Gasteiger partial charge in [0.05, 0.1) is 27.7 Å². The summed E-state index contributed by atoms with van der Waals surface area (Å²) in [7, 11) is -3.91. The van der Waals surface area contributed by atoms with Crippen LogP contribution in [0.4, 0.5) is 5.69 Å². The van der Waals surface area contributed by atoms with E-state index in [0.29, 0.717) is 0 Å². The van der Waals surface area contributed by atoms with Crippen molar-refractivity contribution in [3.05, 3.63) is 23.2 Å². The van der Waals surface area contributed by atoms with Crippen molar-refractivity contribution >= 4 is 27.3 Å². The molecule has 0 aliphatic carbocycles. The molecule has 0 aliphatic heterocycles. The van der Waals surface area contributed by atoms with E-state index >= 15 is 0 Å². The van der Waals surface area contributed by atoms with E-state index in [9.17, 15) is 8.42 Å². The standard InChI is InChI=1S/C10H9ClN4O2S/c11-9-2-1-8(7-10(9)14)18(16,17)15(5-3-12)6-4-13/h1-2,7H,5-6,14H2. The maximum Gasteiger partial charge on any atom is 0.245 e. The van der Waals surface area contributed by atoms with Crippen LogP contribution < -0.4 is 5.73 Å². The fourth-order valence-corrected chi connectivity index (χ4v) is 2.60. The Balaban J connectivity index is 3.23. The molecule has 0 radical (unpaired) electrons. The molecule has 18 heavy (non-hydrogen) atoms. The van der Waals surface area contributed by atoms with Gasteiger partial charge in [-0.2, -0.15) is 14.8 Å². The minimum atomic E-state index is -3.91. The highest BCUT2D eigenvalue weighted by molar-refractivity contribution is 7.89. The summed E-state index contributed by atoms with van der Waals surface area (Å²) >= 11 is 5.69. The predicted octanol–water partition coefficient (Wildman–Crippen LogP) is 0.960. The molecule has 1 rings (SSSR count). The third-order valence-electron chi connectivity index (χ3n) is 2.10. The van der Waals surface area contributed by atoms with E-state index in [1.54, 1.807) is 12.1 Å². The maximum absolute atomic E-state index is 12.1. The van der Waals surface area contributed by atoms with Gasteiger partial charge in [0.1, 0.15) is 13.1 Å². The van der Waals surface area contributed by atoms with E-state index in [1.807, 2.05) is 0 Å². The van der Waals surface area contributed by atoms with Crippen molar-refractivity contribution in [2.75, 3.05) is 18.8 Å². The number of benzene rings is 1. The van der Waals surface area contributed by atoms with Crippen LogP contribution in [0.2, 0.25) is 5.02 Å². The van der Waals surface area contributed by atoms with E-state index in [1.165, 1.54) is 18.2 Å². The first-order chi connectivity index (χ1) is 8.43. The zero-order chi connectivity index (χ0) is 13.8. The number of nitrogens with zero attached hydrogens (tertiary/aromatic N) is 3. The van der Waals surface area contributed by atoms with Crippen molar-refractivity contribution < 1.29 is 8.42 Å². The summed E-state index contributed by atoms with van der Waals surface area (Å²) in [5.74, 6) is 0. The van der Waals surface area contributed by atoms with Gasteiger partial charge in [-0.15, -0.1) is 0 Å². The van der Waals surface area contributed by atoms with Crippen LogP contribution in [0.3, 0.4) is 0 Å². The average molecular weight is 285 g/mol. The molecule has 0 atom stereocenters. The van der Waals surface area contributed by atoms with E-state index in [-0.39, 0.29) is 15.6 Å². The van der Waals surface area contributed by atoms with Crippen LogP contribution in [0.5, 0.6) is 0 Å². The van der Waals surface area contributed by atoms with Gasteiger partial charge >= 0.3 is 0 Å². The Morgan fingerprint density at radius 2 is 1.83 bits per heavy atom. The van der Waals surface area contributed by atoms with E-state index in [2.05, 4.69) is 0 Å². The molecule has 0 spiro atoms. The molecule has 1 aromatic rings. The molecule has 0 amide bonds. The summed E-state index contributed by atoms with van der Waals surface area (Å²) in [5.41, 5.74) is 5.64. The van der Waals surface area contributed by atoms with Crippen molar-refractivity contribution in [1.82, 2.24) is 4.31 Å². The molecule has 6 nitrogen and oxygen atoms in total. The summed E-state index contributed by atoms with van der Waals surface area (Å²) in [6, 6.07) is 7.20. The monoisotopic (exact) mass is 284 g/mol. The molecule has 2 N–H and O–H groups in total. The molecule has 0 aromatic heterocycles. The van der Waals surface area contributed by atoms with Gasteiger partial charge in [-0.3, -0.25) is 0 Å². The Morgan fingerprint density at radius 1 is 1.28 bits per heavy atom. The van der Waals surface area contributed by atoms with Gasteiger partial charge in [0.15, 0.2) is 0 Å². The average Bonchev–Trinajstić information content (AvgIpc) is 2.32. The molecule has 1 aromatic carbocycles. The summed E-state index contributed by atoms with van der Waals surface area (Å²) in [5, 5.41) is 17.4. The second-order valence-electron chi connectivity index (χ2n) is 3.27. The molecule has 0 unspecified atom stereocenters. The Bertz CT molecular complexity index is 614. The number of halogens is 1. The zero-order valence-electron chi connectivity index (χ0n) is 9.17. The fraction of sp³-hybridized carbons (Fsp3) is 0.200. The highest BCUT2D eigenvalue weighted by atomic mass is 35.5. The van der Waals surface area contributed by atoms with Gasteiger partial charge in [0, 0.05) is 0 Å². The Labute approximate surface area is 110 Å². The van der Waals surface area contributed by atoms with Crippen LogP contribution in [0.1, 0.15) is 0 Å². The molecule has 0 heterocycles. The maximum atomic E-state index is 12.1. The second kappa shape index (κ2) is 5.69. The van der Waals surface area contributed by atoms with E-state index in [0.717, 1.165) is 4.31 Å². The number of rotatable bonds is 4. The first kappa shape index (κ1) is 14.3. The first-order valence-electron chi connectivity index (χ1n) is 4.72. The molecule has 0 saturated heterocycles.